The highest BCUT2D eigenvalue weighted by Gasteiger charge is 2.17. The second-order valence-electron chi connectivity index (χ2n) is 4.26. The van der Waals surface area contributed by atoms with E-state index in [-0.39, 0.29) is 16.9 Å². The van der Waals surface area contributed by atoms with Gasteiger partial charge < -0.3 is 14.3 Å². The lowest BCUT2D eigenvalue weighted by atomic mass is 10.2. The minimum atomic E-state index is -0.944. The largest absolute Gasteiger partial charge is 0.481 e. The van der Waals surface area contributed by atoms with Gasteiger partial charge in [-0.05, 0) is 37.6 Å². The van der Waals surface area contributed by atoms with Crippen molar-refractivity contribution in [1.29, 1.82) is 0 Å². The molecular weight excluding hydrogens is 316 g/mol. The zero-order valence-corrected chi connectivity index (χ0v) is 12.9. The van der Waals surface area contributed by atoms with E-state index in [1.807, 2.05) is 6.92 Å². The lowest BCUT2D eigenvalue weighted by Crippen LogP contribution is -2.04. The number of aliphatic carboxylic acids is 1. The first-order valence-electron chi connectivity index (χ1n) is 6.06. The molecule has 8 heteroatoms. The third kappa shape index (κ3) is 4.37. The molecule has 0 amide bonds. The molecule has 0 saturated heterocycles. The molecule has 0 bridgehead atoms. The molecule has 6 nitrogen and oxygen atoms in total. The number of aromatic nitrogens is 2. The van der Waals surface area contributed by atoms with E-state index < -0.39 is 12.1 Å². The maximum absolute atomic E-state index is 10.5. The number of benzene rings is 1. The van der Waals surface area contributed by atoms with Gasteiger partial charge in [-0.15, -0.1) is 10.2 Å². The molecule has 21 heavy (non-hydrogen) atoms. The Labute approximate surface area is 130 Å². The zero-order chi connectivity index (χ0) is 15.4. The molecule has 2 rings (SSSR count). The highest BCUT2D eigenvalue weighted by atomic mass is 35.5. The van der Waals surface area contributed by atoms with E-state index in [9.17, 15) is 4.79 Å². The number of carboxylic acids is 1. The van der Waals surface area contributed by atoms with Crippen molar-refractivity contribution >= 4 is 29.3 Å². The molecule has 0 aliphatic heterocycles. The van der Waals surface area contributed by atoms with Crippen molar-refractivity contribution in [1.82, 2.24) is 10.2 Å². The summed E-state index contributed by atoms with van der Waals surface area (Å²) in [6.45, 7) is 3.66. The third-order valence-corrected chi connectivity index (χ3v) is 3.57. The fourth-order valence-electron chi connectivity index (χ4n) is 1.55. The number of nitrogens with zero attached hydrogens (tertiary/aromatic N) is 2. The molecule has 0 radical (unpaired) electrons. The number of carbonyl (C=O) groups is 1. The van der Waals surface area contributed by atoms with Crippen LogP contribution >= 0.6 is 23.4 Å². The summed E-state index contributed by atoms with van der Waals surface area (Å²) < 4.78 is 11.1. The molecule has 0 saturated carbocycles. The summed E-state index contributed by atoms with van der Waals surface area (Å²) in [5.41, 5.74) is 0.898. The van der Waals surface area contributed by atoms with Crippen molar-refractivity contribution in [2.45, 2.75) is 25.2 Å². The molecule has 0 fully saturated rings. The molecule has 1 N–H and O–H groups in total. The lowest BCUT2D eigenvalue weighted by Gasteiger charge is -2.13. The molecule has 0 spiro atoms. The Hall–Kier alpha value is -1.73. The Bertz CT molecular complexity index is 647. The van der Waals surface area contributed by atoms with Crippen LogP contribution in [0.25, 0.3) is 0 Å². The summed E-state index contributed by atoms with van der Waals surface area (Å²) in [6.07, 6.45) is -0.448. The van der Waals surface area contributed by atoms with Gasteiger partial charge in [-0.3, -0.25) is 4.79 Å². The average Bonchev–Trinajstić information content (AvgIpc) is 2.88. The molecule has 112 valence electrons. The lowest BCUT2D eigenvalue weighted by molar-refractivity contribution is -0.133. The zero-order valence-electron chi connectivity index (χ0n) is 11.4. The second-order valence-corrected chi connectivity index (χ2v) is 5.62. The highest BCUT2D eigenvalue weighted by molar-refractivity contribution is 7.99. The van der Waals surface area contributed by atoms with Gasteiger partial charge in [-0.2, -0.15) is 0 Å². The van der Waals surface area contributed by atoms with Crippen LogP contribution in [0.15, 0.2) is 27.8 Å². The Morgan fingerprint density at radius 1 is 1.52 bits per heavy atom. The van der Waals surface area contributed by atoms with Crippen molar-refractivity contribution in [3.8, 4) is 5.75 Å². The van der Waals surface area contributed by atoms with Crippen LogP contribution < -0.4 is 4.74 Å². The molecule has 0 aliphatic rings. The molecule has 1 unspecified atom stereocenters. The van der Waals surface area contributed by atoms with Gasteiger partial charge in [0, 0.05) is 5.02 Å². The fourth-order valence-corrected chi connectivity index (χ4v) is 2.27. The van der Waals surface area contributed by atoms with Crippen LogP contribution in [0, 0.1) is 6.92 Å². The van der Waals surface area contributed by atoms with Crippen molar-refractivity contribution < 1.29 is 19.1 Å². The van der Waals surface area contributed by atoms with E-state index in [0.717, 1.165) is 17.3 Å². The molecular formula is C13H13ClN2O4S. The van der Waals surface area contributed by atoms with Gasteiger partial charge >= 0.3 is 5.97 Å². The monoisotopic (exact) mass is 328 g/mol. The smallest absolute Gasteiger partial charge is 0.314 e. The van der Waals surface area contributed by atoms with E-state index in [1.165, 1.54) is 0 Å². The van der Waals surface area contributed by atoms with E-state index in [0.29, 0.717) is 10.8 Å². The van der Waals surface area contributed by atoms with Gasteiger partial charge in [-0.1, -0.05) is 23.4 Å². The fraction of sp³-hybridized carbons (Fsp3) is 0.308. The van der Waals surface area contributed by atoms with Gasteiger partial charge in [0.05, 0.1) is 0 Å². The number of ether oxygens (including phenoxy) is 1. The van der Waals surface area contributed by atoms with Crippen LogP contribution in [0.2, 0.25) is 5.02 Å². The molecule has 2 aromatic rings. The van der Waals surface area contributed by atoms with Crippen LogP contribution in [-0.2, 0) is 4.79 Å². The van der Waals surface area contributed by atoms with Gasteiger partial charge in [0.2, 0.25) is 0 Å². The molecule has 1 aromatic carbocycles. The molecule has 1 atom stereocenters. The molecule has 0 aliphatic carbocycles. The SMILES string of the molecule is Cc1cc(Cl)ccc1OC(C)c1nnc(SCC(=O)O)o1. The van der Waals surface area contributed by atoms with Gasteiger partial charge in [0.25, 0.3) is 11.1 Å². The van der Waals surface area contributed by atoms with E-state index >= 15 is 0 Å². The van der Waals surface area contributed by atoms with Gasteiger partial charge in [0.1, 0.15) is 11.5 Å². The van der Waals surface area contributed by atoms with E-state index in [4.69, 9.17) is 25.9 Å². The predicted octanol–water partition coefficient (Wildman–Crippen LogP) is 3.35. The van der Waals surface area contributed by atoms with Gasteiger partial charge in [0.15, 0.2) is 6.10 Å². The number of hydrogen-bond acceptors (Lipinski definition) is 6. The van der Waals surface area contributed by atoms with Crippen LogP contribution in [0.1, 0.15) is 24.5 Å². The van der Waals surface area contributed by atoms with Crippen molar-refractivity contribution in [2.24, 2.45) is 0 Å². The Balaban J connectivity index is 2.03. The molecule has 1 aromatic heterocycles. The van der Waals surface area contributed by atoms with E-state index in [2.05, 4.69) is 10.2 Å². The van der Waals surface area contributed by atoms with Crippen LogP contribution in [0.3, 0.4) is 0 Å². The first kappa shape index (κ1) is 15.7. The topological polar surface area (TPSA) is 85.5 Å². The molecule has 1 heterocycles. The minimum Gasteiger partial charge on any atom is -0.481 e. The van der Waals surface area contributed by atoms with Crippen molar-refractivity contribution in [3.05, 3.63) is 34.7 Å². The van der Waals surface area contributed by atoms with Crippen molar-refractivity contribution in [2.75, 3.05) is 5.75 Å². The van der Waals surface area contributed by atoms with Gasteiger partial charge in [-0.25, -0.2) is 0 Å². The first-order valence-corrected chi connectivity index (χ1v) is 7.43. The average molecular weight is 329 g/mol. The number of rotatable bonds is 6. The summed E-state index contributed by atoms with van der Waals surface area (Å²) in [7, 11) is 0. The number of thioether (sulfide) groups is 1. The minimum absolute atomic E-state index is 0.132. The van der Waals surface area contributed by atoms with Crippen LogP contribution in [0.4, 0.5) is 0 Å². The summed E-state index contributed by atoms with van der Waals surface area (Å²) in [5.74, 6) is -0.115. The maximum atomic E-state index is 10.5. The normalized spacial score (nSPS) is 12.1. The first-order chi connectivity index (χ1) is 9.95. The predicted molar refractivity (Wildman–Crippen MR) is 77.9 cm³/mol. The van der Waals surface area contributed by atoms with E-state index in [1.54, 1.807) is 25.1 Å². The Morgan fingerprint density at radius 3 is 2.95 bits per heavy atom. The number of aryl methyl sites for hydroxylation is 1. The summed E-state index contributed by atoms with van der Waals surface area (Å²) >= 11 is 6.85. The standard InChI is InChI=1S/C13H13ClN2O4S/c1-7-5-9(14)3-4-10(7)19-8(2)12-15-16-13(20-12)21-6-11(17)18/h3-5,8H,6H2,1-2H3,(H,17,18). The number of halogens is 1. The Morgan fingerprint density at radius 2 is 2.29 bits per heavy atom. The maximum Gasteiger partial charge on any atom is 0.314 e. The Kier molecular flexibility index (Phi) is 5.08. The summed E-state index contributed by atoms with van der Waals surface area (Å²) in [4.78, 5) is 10.5. The summed E-state index contributed by atoms with van der Waals surface area (Å²) in [5, 5.41) is 17.1. The van der Waals surface area contributed by atoms with Crippen molar-refractivity contribution in [3.63, 3.8) is 0 Å². The third-order valence-electron chi connectivity index (χ3n) is 2.53. The number of hydrogen-bond donors (Lipinski definition) is 1. The second kappa shape index (κ2) is 6.82. The summed E-state index contributed by atoms with van der Waals surface area (Å²) in [6, 6.07) is 5.30. The van der Waals surface area contributed by atoms with Crippen LogP contribution in [0.5, 0.6) is 5.75 Å². The quantitative estimate of drug-likeness (QED) is 0.814. The van der Waals surface area contributed by atoms with Crippen LogP contribution in [-0.4, -0.2) is 27.0 Å². The highest BCUT2D eigenvalue weighted by Crippen LogP contribution is 2.27. The number of carboxylic acid groups (broad SMARTS) is 1.